The van der Waals surface area contributed by atoms with Crippen molar-refractivity contribution in [3.05, 3.63) is 34.6 Å². The van der Waals surface area contributed by atoms with E-state index in [9.17, 15) is 9.18 Å². The molecule has 0 bridgehead atoms. The van der Waals surface area contributed by atoms with Gasteiger partial charge in [-0.2, -0.15) is 0 Å². The fourth-order valence-electron chi connectivity index (χ4n) is 2.47. The third-order valence-electron chi connectivity index (χ3n) is 3.97. The fourth-order valence-corrected chi connectivity index (χ4v) is 2.67. The zero-order valence-electron chi connectivity index (χ0n) is 11.9. The van der Waals surface area contributed by atoms with Crippen molar-refractivity contribution in [2.75, 3.05) is 26.2 Å². The first-order valence-corrected chi connectivity index (χ1v) is 7.22. The maximum atomic E-state index is 13.9. The number of ketones is 1. The zero-order valence-corrected chi connectivity index (χ0v) is 12.6. The SMILES string of the molecule is CC(C)(C(=O)Cc1cccc(Cl)c1F)N1CCNCC1. The number of benzene rings is 1. The zero-order chi connectivity index (χ0) is 14.8. The standard InChI is InChI=1S/C15H20ClFN2O/c1-15(2,19-8-6-18-7-9-19)13(20)10-11-4-3-5-12(16)14(11)17/h3-5,18H,6-10H2,1-2H3. The van der Waals surface area contributed by atoms with Crippen molar-refractivity contribution in [2.45, 2.75) is 25.8 Å². The number of halogens is 2. The number of carbonyl (C=O) groups excluding carboxylic acids is 1. The summed E-state index contributed by atoms with van der Waals surface area (Å²) in [4.78, 5) is 14.7. The molecule has 1 heterocycles. The van der Waals surface area contributed by atoms with Gasteiger partial charge in [-0.1, -0.05) is 23.7 Å². The Kier molecular flexibility index (Phi) is 4.78. The van der Waals surface area contributed by atoms with Gasteiger partial charge in [0.25, 0.3) is 0 Å². The van der Waals surface area contributed by atoms with Crippen LogP contribution in [0.25, 0.3) is 0 Å². The van der Waals surface area contributed by atoms with Crippen molar-refractivity contribution >= 4 is 17.4 Å². The lowest BCUT2D eigenvalue weighted by atomic mass is 9.91. The molecule has 3 nitrogen and oxygen atoms in total. The second-order valence-corrected chi connectivity index (χ2v) is 6.02. The first kappa shape index (κ1) is 15.4. The van der Waals surface area contributed by atoms with E-state index in [1.807, 2.05) is 13.8 Å². The van der Waals surface area contributed by atoms with Crippen molar-refractivity contribution in [3.63, 3.8) is 0 Å². The van der Waals surface area contributed by atoms with Crippen LogP contribution in [0.15, 0.2) is 18.2 Å². The van der Waals surface area contributed by atoms with Crippen LogP contribution < -0.4 is 5.32 Å². The lowest BCUT2D eigenvalue weighted by Crippen LogP contribution is -2.57. The van der Waals surface area contributed by atoms with Gasteiger partial charge in [-0.3, -0.25) is 9.69 Å². The van der Waals surface area contributed by atoms with Gasteiger partial charge < -0.3 is 5.32 Å². The summed E-state index contributed by atoms with van der Waals surface area (Å²) in [5.41, 5.74) is -0.220. The molecular weight excluding hydrogens is 279 g/mol. The fraction of sp³-hybridized carbons (Fsp3) is 0.533. The minimum atomic E-state index is -0.586. The van der Waals surface area contributed by atoms with E-state index in [4.69, 9.17) is 11.6 Å². The average Bonchev–Trinajstić information content (AvgIpc) is 2.44. The average molecular weight is 299 g/mol. The normalized spacial score (nSPS) is 17.2. The largest absolute Gasteiger partial charge is 0.314 e. The molecular formula is C15H20ClFN2O. The second-order valence-electron chi connectivity index (χ2n) is 5.61. The molecule has 2 rings (SSSR count). The third-order valence-corrected chi connectivity index (χ3v) is 4.26. The Bertz CT molecular complexity index is 499. The summed E-state index contributed by atoms with van der Waals surface area (Å²) in [6, 6.07) is 4.78. The highest BCUT2D eigenvalue weighted by molar-refractivity contribution is 6.30. The lowest BCUT2D eigenvalue weighted by molar-refractivity contribution is -0.129. The number of hydrogen-bond donors (Lipinski definition) is 1. The third kappa shape index (κ3) is 3.19. The Hall–Kier alpha value is -0.970. The highest BCUT2D eigenvalue weighted by Gasteiger charge is 2.35. The second kappa shape index (κ2) is 6.20. The number of hydrogen-bond acceptors (Lipinski definition) is 3. The Labute approximate surface area is 124 Å². The molecule has 1 fully saturated rings. The molecule has 0 radical (unpaired) electrons. The van der Waals surface area contributed by atoms with Crippen LogP contribution in [0.4, 0.5) is 4.39 Å². The van der Waals surface area contributed by atoms with Crippen molar-refractivity contribution in [2.24, 2.45) is 0 Å². The van der Waals surface area contributed by atoms with Crippen LogP contribution in [0.5, 0.6) is 0 Å². The highest BCUT2D eigenvalue weighted by atomic mass is 35.5. The van der Waals surface area contributed by atoms with Gasteiger partial charge in [0.15, 0.2) is 5.78 Å². The van der Waals surface area contributed by atoms with Crippen LogP contribution in [0.2, 0.25) is 5.02 Å². The number of Topliss-reactive ketones (excluding diaryl/α,β-unsaturated/α-hetero) is 1. The Balaban J connectivity index is 2.12. The van der Waals surface area contributed by atoms with Gasteiger partial charge in [0.1, 0.15) is 5.82 Å². The topological polar surface area (TPSA) is 32.3 Å². The summed E-state index contributed by atoms with van der Waals surface area (Å²) in [7, 11) is 0. The molecule has 0 aliphatic carbocycles. The molecule has 1 aromatic carbocycles. The Morgan fingerprint density at radius 1 is 1.40 bits per heavy atom. The molecule has 0 saturated carbocycles. The molecule has 0 atom stereocenters. The predicted molar refractivity (Wildman–Crippen MR) is 78.6 cm³/mol. The maximum Gasteiger partial charge on any atom is 0.156 e. The van der Waals surface area contributed by atoms with Crippen LogP contribution >= 0.6 is 11.6 Å². The van der Waals surface area contributed by atoms with Gasteiger partial charge in [0.2, 0.25) is 0 Å². The van der Waals surface area contributed by atoms with Crippen molar-refractivity contribution in [3.8, 4) is 0 Å². The van der Waals surface area contributed by atoms with Gasteiger partial charge in [0, 0.05) is 32.6 Å². The van der Waals surface area contributed by atoms with Gasteiger partial charge in [-0.05, 0) is 25.5 Å². The molecule has 1 saturated heterocycles. The Morgan fingerprint density at radius 2 is 2.05 bits per heavy atom. The van der Waals surface area contributed by atoms with Gasteiger partial charge in [-0.25, -0.2) is 4.39 Å². The highest BCUT2D eigenvalue weighted by Crippen LogP contribution is 2.23. The van der Waals surface area contributed by atoms with Gasteiger partial charge >= 0.3 is 0 Å². The van der Waals surface area contributed by atoms with Crippen LogP contribution in [0, 0.1) is 5.82 Å². The monoisotopic (exact) mass is 298 g/mol. The van der Waals surface area contributed by atoms with E-state index < -0.39 is 11.4 Å². The number of rotatable bonds is 4. The summed E-state index contributed by atoms with van der Waals surface area (Å²) < 4.78 is 13.9. The smallest absolute Gasteiger partial charge is 0.156 e. The molecule has 5 heteroatoms. The molecule has 1 aromatic rings. The van der Waals surface area contributed by atoms with Crippen LogP contribution in [0.3, 0.4) is 0 Å². The van der Waals surface area contributed by atoms with E-state index in [0.29, 0.717) is 5.56 Å². The molecule has 1 N–H and O–H groups in total. The van der Waals surface area contributed by atoms with E-state index in [-0.39, 0.29) is 17.2 Å². The molecule has 20 heavy (non-hydrogen) atoms. The summed E-state index contributed by atoms with van der Waals surface area (Å²) in [5, 5.41) is 3.33. The van der Waals surface area contributed by atoms with Crippen molar-refractivity contribution in [1.82, 2.24) is 10.2 Å². The molecule has 0 spiro atoms. The van der Waals surface area contributed by atoms with Gasteiger partial charge in [0.05, 0.1) is 10.6 Å². The molecule has 0 aromatic heterocycles. The number of nitrogens with zero attached hydrogens (tertiary/aromatic N) is 1. The van der Waals surface area contributed by atoms with Crippen LogP contribution in [-0.4, -0.2) is 42.4 Å². The first-order valence-electron chi connectivity index (χ1n) is 6.85. The number of carbonyl (C=O) groups is 1. The molecule has 1 aliphatic heterocycles. The molecule has 0 unspecified atom stereocenters. The minimum absolute atomic E-state index is 0.0144. The van der Waals surface area contributed by atoms with E-state index in [2.05, 4.69) is 10.2 Å². The maximum absolute atomic E-state index is 13.9. The number of nitrogens with one attached hydrogen (secondary N) is 1. The molecule has 110 valence electrons. The van der Waals surface area contributed by atoms with E-state index in [1.165, 1.54) is 6.07 Å². The van der Waals surface area contributed by atoms with Crippen LogP contribution in [-0.2, 0) is 11.2 Å². The minimum Gasteiger partial charge on any atom is -0.314 e. The predicted octanol–water partition coefficient (Wildman–Crippen LogP) is 2.27. The summed E-state index contributed by atoms with van der Waals surface area (Å²) in [6.07, 6.45) is 0.0727. The number of piperazine rings is 1. The van der Waals surface area contributed by atoms with Crippen molar-refractivity contribution in [1.29, 1.82) is 0 Å². The summed E-state index contributed by atoms with van der Waals surface area (Å²) >= 11 is 5.76. The summed E-state index contributed by atoms with van der Waals surface area (Å²) in [6.45, 7) is 7.23. The van der Waals surface area contributed by atoms with Gasteiger partial charge in [-0.15, -0.1) is 0 Å². The van der Waals surface area contributed by atoms with E-state index >= 15 is 0 Å². The van der Waals surface area contributed by atoms with E-state index in [0.717, 1.165) is 26.2 Å². The molecule has 0 amide bonds. The van der Waals surface area contributed by atoms with Crippen molar-refractivity contribution < 1.29 is 9.18 Å². The Morgan fingerprint density at radius 3 is 2.70 bits per heavy atom. The first-order chi connectivity index (χ1) is 9.43. The lowest BCUT2D eigenvalue weighted by Gasteiger charge is -2.40. The quantitative estimate of drug-likeness (QED) is 0.925. The van der Waals surface area contributed by atoms with E-state index in [1.54, 1.807) is 12.1 Å². The molecule has 1 aliphatic rings. The summed E-state index contributed by atoms with van der Waals surface area (Å²) in [5.74, 6) is -0.473. The van der Waals surface area contributed by atoms with Crippen LogP contribution in [0.1, 0.15) is 19.4 Å².